The average molecular weight is 439 g/mol. The molecule has 0 aliphatic carbocycles. The smallest absolute Gasteiger partial charge is 0.374 e. The van der Waals surface area contributed by atoms with E-state index in [1.54, 1.807) is 32.4 Å². The zero-order chi connectivity index (χ0) is 21.8. The number of carbonyl (C=O) groups excluding carboxylic acids is 1. The van der Waals surface area contributed by atoms with Crippen LogP contribution in [0.4, 0.5) is 4.39 Å². The molecule has 0 atom stereocenters. The minimum Gasteiger partial charge on any atom is -0.493 e. The third-order valence-corrected chi connectivity index (χ3v) is 5.40. The molecule has 0 unspecified atom stereocenters. The average Bonchev–Trinajstić information content (AvgIpc) is 3.47. The van der Waals surface area contributed by atoms with Crippen molar-refractivity contribution in [2.75, 3.05) is 14.2 Å². The predicted octanol–water partition coefficient (Wildman–Crippen LogP) is 5.58. The van der Waals surface area contributed by atoms with Crippen LogP contribution in [0.1, 0.15) is 16.2 Å². The van der Waals surface area contributed by atoms with Gasteiger partial charge in [0.1, 0.15) is 23.2 Å². The van der Waals surface area contributed by atoms with E-state index in [0.29, 0.717) is 28.5 Å². The summed E-state index contributed by atoms with van der Waals surface area (Å²) >= 11 is 1.41. The molecule has 4 aromatic rings. The van der Waals surface area contributed by atoms with Crippen molar-refractivity contribution in [1.82, 2.24) is 4.98 Å². The Morgan fingerprint density at radius 3 is 2.61 bits per heavy atom. The Bertz CT molecular complexity index is 1200. The predicted molar refractivity (Wildman–Crippen MR) is 114 cm³/mol. The molecule has 2 heterocycles. The Balaban J connectivity index is 1.44. The van der Waals surface area contributed by atoms with E-state index < -0.39 is 5.97 Å². The van der Waals surface area contributed by atoms with E-state index in [1.807, 2.05) is 23.6 Å². The summed E-state index contributed by atoms with van der Waals surface area (Å²) in [6.45, 7) is -0.00576. The maximum Gasteiger partial charge on any atom is 0.374 e. The Labute approximate surface area is 181 Å². The second kappa shape index (κ2) is 9.01. The maximum atomic E-state index is 13.1. The van der Waals surface area contributed by atoms with Gasteiger partial charge in [-0.2, -0.15) is 0 Å². The van der Waals surface area contributed by atoms with E-state index in [0.717, 1.165) is 10.6 Å². The SMILES string of the molecule is COc1cccc(-c2nc(COC(=O)c3ccc(-c4ccc(F)cc4)o3)cs2)c1OC. The Morgan fingerprint density at radius 2 is 1.87 bits per heavy atom. The third-order valence-electron chi connectivity index (χ3n) is 4.47. The quantitative estimate of drug-likeness (QED) is 0.350. The zero-order valence-electron chi connectivity index (χ0n) is 16.8. The van der Waals surface area contributed by atoms with E-state index in [-0.39, 0.29) is 18.2 Å². The Kier molecular flexibility index (Phi) is 5.99. The molecule has 0 saturated carbocycles. The van der Waals surface area contributed by atoms with Crippen LogP contribution in [0.5, 0.6) is 11.5 Å². The van der Waals surface area contributed by atoms with Gasteiger partial charge < -0.3 is 18.6 Å². The van der Waals surface area contributed by atoms with Gasteiger partial charge in [-0.25, -0.2) is 14.2 Å². The molecule has 2 aromatic heterocycles. The fourth-order valence-corrected chi connectivity index (χ4v) is 3.81. The summed E-state index contributed by atoms with van der Waals surface area (Å²) in [7, 11) is 3.14. The van der Waals surface area contributed by atoms with Crippen molar-refractivity contribution < 1.29 is 27.8 Å². The zero-order valence-corrected chi connectivity index (χ0v) is 17.6. The van der Waals surface area contributed by atoms with Crippen molar-refractivity contribution in [1.29, 1.82) is 0 Å². The van der Waals surface area contributed by atoms with Gasteiger partial charge >= 0.3 is 5.97 Å². The number of furan rings is 1. The molecule has 2 aromatic carbocycles. The minimum atomic E-state index is -0.609. The summed E-state index contributed by atoms with van der Waals surface area (Å²) < 4.78 is 34.7. The molecule has 0 N–H and O–H groups in total. The van der Waals surface area contributed by atoms with Crippen LogP contribution in [0.25, 0.3) is 21.9 Å². The monoisotopic (exact) mass is 439 g/mol. The lowest BCUT2D eigenvalue weighted by Crippen LogP contribution is -2.04. The lowest BCUT2D eigenvalue weighted by Gasteiger charge is -2.10. The highest BCUT2D eigenvalue weighted by Crippen LogP contribution is 2.39. The molecule has 0 aliphatic rings. The van der Waals surface area contributed by atoms with Crippen molar-refractivity contribution >= 4 is 17.3 Å². The van der Waals surface area contributed by atoms with Gasteiger partial charge in [0.15, 0.2) is 11.5 Å². The second-order valence-corrected chi connectivity index (χ2v) is 7.29. The number of carbonyl (C=O) groups is 1. The number of nitrogens with zero attached hydrogens (tertiary/aromatic N) is 1. The summed E-state index contributed by atoms with van der Waals surface area (Å²) in [6, 6.07) is 14.5. The summed E-state index contributed by atoms with van der Waals surface area (Å²) in [5.74, 6) is 0.757. The summed E-state index contributed by atoms with van der Waals surface area (Å²) in [5.41, 5.74) is 2.06. The van der Waals surface area contributed by atoms with Crippen LogP contribution in [0, 0.1) is 5.82 Å². The molecular formula is C23H18FNO5S. The molecule has 158 valence electrons. The number of methoxy groups -OCH3 is 2. The number of rotatable bonds is 7. The molecule has 0 aliphatic heterocycles. The van der Waals surface area contributed by atoms with E-state index in [4.69, 9.17) is 18.6 Å². The lowest BCUT2D eigenvalue weighted by atomic mass is 10.2. The molecule has 4 rings (SSSR count). The number of thiazole rings is 1. The largest absolute Gasteiger partial charge is 0.493 e. The third kappa shape index (κ3) is 4.44. The summed E-state index contributed by atoms with van der Waals surface area (Å²) in [6.07, 6.45) is 0. The van der Waals surface area contributed by atoms with Gasteiger partial charge in [0.25, 0.3) is 0 Å². The first kappa shape index (κ1) is 20.6. The van der Waals surface area contributed by atoms with Gasteiger partial charge in [-0.1, -0.05) is 6.07 Å². The first-order valence-electron chi connectivity index (χ1n) is 9.27. The number of aromatic nitrogens is 1. The van der Waals surface area contributed by atoms with E-state index in [2.05, 4.69) is 4.98 Å². The standard InChI is InChI=1S/C23H18FNO5S/c1-27-19-5-3-4-17(21(19)28-2)22-25-16(13-31-22)12-29-23(26)20-11-10-18(30-20)14-6-8-15(24)9-7-14/h3-11,13H,12H2,1-2H3. The van der Waals surface area contributed by atoms with Crippen LogP contribution in [-0.2, 0) is 11.3 Å². The van der Waals surface area contributed by atoms with Crippen molar-refractivity contribution in [3.8, 4) is 33.4 Å². The van der Waals surface area contributed by atoms with Crippen molar-refractivity contribution in [3.05, 3.63) is 77.2 Å². The molecule has 31 heavy (non-hydrogen) atoms. The summed E-state index contributed by atoms with van der Waals surface area (Å²) in [5, 5.41) is 2.53. The van der Waals surface area contributed by atoms with E-state index in [1.165, 1.54) is 29.5 Å². The van der Waals surface area contributed by atoms with Gasteiger partial charge in [-0.15, -0.1) is 11.3 Å². The fraction of sp³-hybridized carbons (Fsp3) is 0.130. The second-order valence-electron chi connectivity index (χ2n) is 6.43. The number of hydrogen-bond acceptors (Lipinski definition) is 7. The number of para-hydroxylation sites is 1. The number of esters is 1. The van der Waals surface area contributed by atoms with Crippen molar-refractivity contribution in [3.63, 3.8) is 0 Å². The minimum absolute atomic E-state index is 0.00576. The molecule has 8 heteroatoms. The number of ether oxygens (including phenoxy) is 3. The first-order valence-corrected chi connectivity index (χ1v) is 10.2. The molecule has 0 spiro atoms. The van der Waals surface area contributed by atoms with Crippen LogP contribution >= 0.6 is 11.3 Å². The van der Waals surface area contributed by atoms with E-state index in [9.17, 15) is 9.18 Å². The van der Waals surface area contributed by atoms with Crippen LogP contribution in [0.2, 0.25) is 0 Å². The van der Waals surface area contributed by atoms with Crippen LogP contribution < -0.4 is 9.47 Å². The van der Waals surface area contributed by atoms with Crippen LogP contribution in [0.15, 0.2) is 64.4 Å². The lowest BCUT2D eigenvalue weighted by molar-refractivity contribution is 0.0433. The molecule has 0 amide bonds. The molecular weight excluding hydrogens is 421 g/mol. The van der Waals surface area contributed by atoms with Gasteiger partial charge in [0, 0.05) is 10.9 Å². The first-order chi connectivity index (χ1) is 15.1. The normalized spacial score (nSPS) is 10.7. The topological polar surface area (TPSA) is 70.8 Å². The Morgan fingerprint density at radius 1 is 1.06 bits per heavy atom. The van der Waals surface area contributed by atoms with Gasteiger partial charge in [-0.05, 0) is 48.5 Å². The maximum absolute atomic E-state index is 13.1. The van der Waals surface area contributed by atoms with Crippen molar-refractivity contribution in [2.45, 2.75) is 6.61 Å². The molecule has 6 nitrogen and oxygen atoms in total. The highest BCUT2D eigenvalue weighted by Gasteiger charge is 2.17. The van der Waals surface area contributed by atoms with Crippen molar-refractivity contribution in [2.24, 2.45) is 0 Å². The number of halogens is 1. The summed E-state index contributed by atoms with van der Waals surface area (Å²) in [4.78, 5) is 16.9. The van der Waals surface area contributed by atoms with Gasteiger partial charge in [0.05, 0.1) is 25.5 Å². The van der Waals surface area contributed by atoms with E-state index >= 15 is 0 Å². The van der Waals surface area contributed by atoms with Crippen LogP contribution in [0.3, 0.4) is 0 Å². The number of hydrogen-bond donors (Lipinski definition) is 0. The highest BCUT2D eigenvalue weighted by molar-refractivity contribution is 7.13. The van der Waals surface area contributed by atoms with Crippen LogP contribution in [-0.4, -0.2) is 25.2 Å². The highest BCUT2D eigenvalue weighted by atomic mass is 32.1. The molecule has 0 bridgehead atoms. The van der Waals surface area contributed by atoms with Gasteiger partial charge in [0.2, 0.25) is 5.76 Å². The molecule has 0 saturated heterocycles. The fourth-order valence-electron chi connectivity index (χ4n) is 2.98. The van der Waals surface area contributed by atoms with Gasteiger partial charge in [-0.3, -0.25) is 0 Å². The Hall–Kier alpha value is -3.65. The molecule has 0 fully saturated rings. The number of benzene rings is 2. The molecule has 0 radical (unpaired) electrons.